The fourth-order valence-corrected chi connectivity index (χ4v) is 1.23. The Labute approximate surface area is 82.4 Å². The van der Waals surface area contributed by atoms with Crippen molar-refractivity contribution in [1.82, 2.24) is 15.2 Å². The van der Waals surface area contributed by atoms with Crippen LogP contribution in [0.3, 0.4) is 0 Å². The molecule has 2 N–H and O–H groups in total. The maximum Gasteiger partial charge on any atom is 0.0537 e. The van der Waals surface area contributed by atoms with E-state index in [2.05, 4.69) is 20.5 Å². The Bertz CT molecular complexity index is 394. The van der Waals surface area contributed by atoms with E-state index in [0.717, 1.165) is 23.5 Å². The molecule has 2 rings (SSSR count). The quantitative estimate of drug-likeness (QED) is 0.771. The molecule has 0 aliphatic carbocycles. The van der Waals surface area contributed by atoms with Gasteiger partial charge in [-0.1, -0.05) is 0 Å². The smallest absolute Gasteiger partial charge is 0.0537 e. The molecule has 0 atom stereocenters. The largest absolute Gasteiger partial charge is 0.381 e. The summed E-state index contributed by atoms with van der Waals surface area (Å²) in [6.07, 6.45) is 5.48. The van der Waals surface area contributed by atoms with Crippen LogP contribution in [0.15, 0.2) is 30.7 Å². The van der Waals surface area contributed by atoms with Crippen molar-refractivity contribution in [3.8, 4) is 0 Å². The minimum atomic E-state index is 0.778. The number of anilines is 1. The topological polar surface area (TPSA) is 53.6 Å². The number of nitrogens with one attached hydrogen (secondary N) is 2. The summed E-state index contributed by atoms with van der Waals surface area (Å²) in [5.41, 5.74) is 3.24. The number of pyridine rings is 1. The highest BCUT2D eigenvalue weighted by molar-refractivity contribution is 5.43. The highest BCUT2D eigenvalue weighted by Gasteiger charge is 1.95. The number of aromatic nitrogens is 3. The van der Waals surface area contributed by atoms with Crippen molar-refractivity contribution in [2.45, 2.75) is 13.5 Å². The van der Waals surface area contributed by atoms with Crippen LogP contribution in [0.4, 0.5) is 5.69 Å². The standard InChI is InChI=1S/C10H12N4/c1-8-4-10(2-3-11-8)12-5-9-6-13-14-7-9/h2-4,6-7H,5H2,1H3,(H,11,12)(H,13,14). The van der Waals surface area contributed by atoms with Crippen molar-refractivity contribution in [2.24, 2.45) is 0 Å². The summed E-state index contributed by atoms with van der Waals surface area (Å²) in [4.78, 5) is 4.13. The molecule has 0 unspecified atom stereocenters. The molecule has 14 heavy (non-hydrogen) atoms. The zero-order valence-corrected chi connectivity index (χ0v) is 7.99. The van der Waals surface area contributed by atoms with Gasteiger partial charge in [0.05, 0.1) is 6.20 Å². The lowest BCUT2D eigenvalue weighted by Crippen LogP contribution is -1.98. The van der Waals surface area contributed by atoms with E-state index in [0.29, 0.717) is 0 Å². The lowest BCUT2D eigenvalue weighted by atomic mass is 10.3. The second-order valence-electron chi connectivity index (χ2n) is 3.15. The molecule has 0 aromatic carbocycles. The van der Waals surface area contributed by atoms with Crippen molar-refractivity contribution >= 4 is 5.69 Å². The molecule has 2 heterocycles. The van der Waals surface area contributed by atoms with Crippen LogP contribution in [0.2, 0.25) is 0 Å². The van der Waals surface area contributed by atoms with E-state index >= 15 is 0 Å². The number of hydrogen-bond acceptors (Lipinski definition) is 3. The second-order valence-corrected chi connectivity index (χ2v) is 3.15. The lowest BCUT2D eigenvalue weighted by molar-refractivity contribution is 1.09. The van der Waals surface area contributed by atoms with E-state index in [9.17, 15) is 0 Å². The van der Waals surface area contributed by atoms with Gasteiger partial charge in [0.1, 0.15) is 0 Å². The third kappa shape index (κ3) is 2.10. The predicted molar refractivity (Wildman–Crippen MR) is 54.9 cm³/mol. The van der Waals surface area contributed by atoms with Crippen LogP contribution in [0.1, 0.15) is 11.3 Å². The monoisotopic (exact) mass is 188 g/mol. The Hall–Kier alpha value is -1.84. The van der Waals surface area contributed by atoms with Crippen LogP contribution >= 0.6 is 0 Å². The Morgan fingerprint density at radius 2 is 2.43 bits per heavy atom. The van der Waals surface area contributed by atoms with Gasteiger partial charge in [0.2, 0.25) is 0 Å². The summed E-state index contributed by atoms with van der Waals surface area (Å²) in [5.74, 6) is 0. The molecule has 0 aliphatic rings. The summed E-state index contributed by atoms with van der Waals surface area (Å²) in [6, 6.07) is 3.97. The van der Waals surface area contributed by atoms with Gasteiger partial charge in [0.25, 0.3) is 0 Å². The maximum absolute atomic E-state index is 4.13. The first kappa shape index (κ1) is 8.74. The van der Waals surface area contributed by atoms with E-state index in [1.807, 2.05) is 25.3 Å². The summed E-state index contributed by atoms with van der Waals surface area (Å²) in [5, 5.41) is 9.94. The normalized spacial score (nSPS) is 10.1. The van der Waals surface area contributed by atoms with Crippen LogP contribution in [-0.4, -0.2) is 15.2 Å². The van der Waals surface area contributed by atoms with Gasteiger partial charge in [0.15, 0.2) is 0 Å². The molecule has 72 valence electrons. The molecule has 0 bridgehead atoms. The van der Waals surface area contributed by atoms with Crippen LogP contribution in [-0.2, 0) is 6.54 Å². The average molecular weight is 188 g/mol. The number of H-pyrrole nitrogens is 1. The van der Waals surface area contributed by atoms with Crippen LogP contribution in [0.5, 0.6) is 0 Å². The molecule has 0 radical (unpaired) electrons. The molecule has 0 amide bonds. The van der Waals surface area contributed by atoms with Crippen molar-refractivity contribution in [1.29, 1.82) is 0 Å². The summed E-state index contributed by atoms with van der Waals surface area (Å²) < 4.78 is 0. The molecule has 0 aliphatic heterocycles. The Kier molecular flexibility index (Phi) is 2.44. The van der Waals surface area contributed by atoms with Gasteiger partial charge < -0.3 is 5.32 Å². The summed E-state index contributed by atoms with van der Waals surface area (Å²) in [7, 11) is 0. The first-order valence-electron chi connectivity index (χ1n) is 4.49. The van der Waals surface area contributed by atoms with Crippen LogP contribution < -0.4 is 5.32 Å². The summed E-state index contributed by atoms with van der Waals surface area (Å²) >= 11 is 0. The molecule has 2 aromatic heterocycles. The SMILES string of the molecule is Cc1cc(NCc2cn[nH]c2)ccn1. The van der Waals surface area contributed by atoms with E-state index < -0.39 is 0 Å². The summed E-state index contributed by atoms with van der Waals surface area (Å²) in [6.45, 7) is 2.75. The fraction of sp³-hybridized carbons (Fsp3) is 0.200. The minimum absolute atomic E-state index is 0.778. The second kappa shape index (κ2) is 3.91. The number of aromatic amines is 1. The average Bonchev–Trinajstić information content (AvgIpc) is 2.67. The van der Waals surface area contributed by atoms with Crippen LogP contribution in [0.25, 0.3) is 0 Å². The van der Waals surface area contributed by atoms with Crippen molar-refractivity contribution in [2.75, 3.05) is 5.32 Å². The number of nitrogens with zero attached hydrogens (tertiary/aromatic N) is 2. The van der Waals surface area contributed by atoms with Gasteiger partial charge >= 0.3 is 0 Å². The maximum atomic E-state index is 4.13. The fourth-order valence-electron chi connectivity index (χ4n) is 1.23. The minimum Gasteiger partial charge on any atom is -0.381 e. The van der Waals surface area contributed by atoms with Crippen LogP contribution in [0, 0.1) is 6.92 Å². The van der Waals surface area contributed by atoms with Gasteiger partial charge in [-0.05, 0) is 19.1 Å². The highest BCUT2D eigenvalue weighted by atomic mass is 15.1. The van der Waals surface area contributed by atoms with Gasteiger partial charge in [0, 0.05) is 35.9 Å². The zero-order chi connectivity index (χ0) is 9.80. The van der Waals surface area contributed by atoms with Gasteiger partial charge in [-0.3, -0.25) is 10.1 Å². The van der Waals surface area contributed by atoms with Gasteiger partial charge in [-0.25, -0.2) is 0 Å². The molecule has 2 aromatic rings. The Morgan fingerprint density at radius 1 is 1.50 bits per heavy atom. The van der Waals surface area contributed by atoms with Crippen molar-refractivity contribution in [3.63, 3.8) is 0 Å². The molecule has 4 heteroatoms. The zero-order valence-electron chi connectivity index (χ0n) is 7.99. The molecule has 0 spiro atoms. The van der Waals surface area contributed by atoms with Crippen molar-refractivity contribution in [3.05, 3.63) is 42.0 Å². The number of rotatable bonds is 3. The molecule has 4 nitrogen and oxygen atoms in total. The molecule has 0 fully saturated rings. The highest BCUT2D eigenvalue weighted by Crippen LogP contribution is 2.08. The Balaban J connectivity index is 1.98. The number of hydrogen-bond donors (Lipinski definition) is 2. The third-order valence-electron chi connectivity index (χ3n) is 1.95. The molecule has 0 saturated heterocycles. The molecular formula is C10H12N4. The third-order valence-corrected chi connectivity index (χ3v) is 1.95. The van der Waals surface area contributed by atoms with E-state index in [-0.39, 0.29) is 0 Å². The van der Waals surface area contributed by atoms with E-state index in [1.54, 1.807) is 12.4 Å². The first-order valence-corrected chi connectivity index (χ1v) is 4.49. The number of aryl methyl sites for hydroxylation is 1. The van der Waals surface area contributed by atoms with Gasteiger partial charge in [-0.2, -0.15) is 5.10 Å². The lowest BCUT2D eigenvalue weighted by Gasteiger charge is -2.04. The molecular weight excluding hydrogens is 176 g/mol. The van der Waals surface area contributed by atoms with Gasteiger partial charge in [-0.15, -0.1) is 0 Å². The predicted octanol–water partition coefficient (Wildman–Crippen LogP) is 1.73. The van der Waals surface area contributed by atoms with E-state index in [4.69, 9.17) is 0 Å². The van der Waals surface area contributed by atoms with Crippen molar-refractivity contribution < 1.29 is 0 Å². The first-order chi connectivity index (χ1) is 6.84. The Morgan fingerprint density at radius 3 is 3.14 bits per heavy atom. The molecule has 0 saturated carbocycles. The van der Waals surface area contributed by atoms with E-state index in [1.165, 1.54) is 0 Å².